The fourth-order valence-corrected chi connectivity index (χ4v) is 2.57. The number of rotatable bonds is 3. The molecular formula is C8H11BrN2O2S. The van der Waals surface area contributed by atoms with Crippen molar-refractivity contribution in [2.24, 2.45) is 0 Å². The third-order valence-corrected chi connectivity index (χ3v) is 4.16. The van der Waals surface area contributed by atoms with Gasteiger partial charge in [-0.25, -0.2) is 12.7 Å². The van der Waals surface area contributed by atoms with E-state index in [1.807, 2.05) is 0 Å². The highest BCUT2D eigenvalue weighted by atomic mass is 79.9. The highest BCUT2D eigenvalue weighted by Gasteiger charge is 2.19. The Morgan fingerprint density at radius 3 is 2.64 bits per heavy atom. The lowest BCUT2D eigenvalue weighted by Gasteiger charge is -2.14. The molecule has 78 valence electrons. The summed E-state index contributed by atoms with van der Waals surface area (Å²) in [4.78, 5) is 4.02. The van der Waals surface area contributed by atoms with Gasteiger partial charge < -0.3 is 0 Å². The van der Waals surface area contributed by atoms with E-state index in [-0.39, 0.29) is 4.90 Å². The zero-order valence-corrected chi connectivity index (χ0v) is 10.3. The summed E-state index contributed by atoms with van der Waals surface area (Å²) in [5.74, 6) is 0. The monoisotopic (exact) mass is 278 g/mol. The minimum Gasteiger partial charge on any atom is -0.262 e. The van der Waals surface area contributed by atoms with Crippen LogP contribution < -0.4 is 0 Å². The quantitative estimate of drug-likeness (QED) is 0.842. The van der Waals surface area contributed by atoms with Gasteiger partial charge in [-0.15, -0.1) is 0 Å². The average molecular weight is 279 g/mol. The number of pyridine rings is 1. The fraction of sp³-hybridized carbons (Fsp3) is 0.375. The third kappa shape index (κ3) is 2.31. The van der Waals surface area contributed by atoms with Crippen molar-refractivity contribution in [1.82, 2.24) is 9.29 Å². The maximum atomic E-state index is 11.8. The first kappa shape index (κ1) is 11.6. The SMILES string of the molecule is CCN(C)S(=O)(=O)c1cncc(Br)c1. The smallest absolute Gasteiger partial charge is 0.244 e. The second-order valence-corrected chi connectivity index (χ2v) is 5.72. The van der Waals surface area contributed by atoms with Crippen molar-refractivity contribution >= 4 is 26.0 Å². The van der Waals surface area contributed by atoms with E-state index in [1.165, 1.54) is 23.6 Å². The van der Waals surface area contributed by atoms with Crippen molar-refractivity contribution in [2.75, 3.05) is 13.6 Å². The highest BCUT2D eigenvalue weighted by Crippen LogP contribution is 2.17. The molecule has 0 fully saturated rings. The molecular weight excluding hydrogens is 268 g/mol. The number of nitrogens with zero attached hydrogens (tertiary/aromatic N) is 2. The van der Waals surface area contributed by atoms with Crippen LogP contribution in [0.25, 0.3) is 0 Å². The Morgan fingerprint density at radius 1 is 1.50 bits per heavy atom. The molecule has 0 aromatic carbocycles. The van der Waals surface area contributed by atoms with Crippen molar-refractivity contribution < 1.29 is 8.42 Å². The van der Waals surface area contributed by atoms with Gasteiger partial charge in [-0.1, -0.05) is 6.92 Å². The lowest BCUT2D eigenvalue weighted by atomic mass is 10.5. The molecule has 1 aromatic rings. The highest BCUT2D eigenvalue weighted by molar-refractivity contribution is 9.10. The van der Waals surface area contributed by atoms with Gasteiger partial charge in [0, 0.05) is 30.5 Å². The molecule has 4 nitrogen and oxygen atoms in total. The first-order valence-electron chi connectivity index (χ1n) is 4.05. The number of sulfonamides is 1. The van der Waals surface area contributed by atoms with Gasteiger partial charge in [0.1, 0.15) is 4.90 Å². The van der Waals surface area contributed by atoms with E-state index in [1.54, 1.807) is 13.1 Å². The Kier molecular flexibility index (Phi) is 3.63. The van der Waals surface area contributed by atoms with E-state index in [4.69, 9.17) is 0 Å². The maximum absolute atomic E-state index is 11.8. The molecule has 0 N–H and O–H groups in total. The molecule has 0 aliphatic rings. The van der Waals surface area contributed by atoms with Crippen LogP contribution in [-0.2, 0) is 10.0 Å². The molecule has 1 aromatic heterocycles. The van der Waals surface area contributed by atoms with E-state index in [0.717, 1.165) is 0 Å². The van der Waals surface area contributed by atoms with E-state index < -0.39 is 10.0 Å². The van der Waals surface area contributed by atoms with E-state index in [2.05, 4.69) is 20.9 Å². The minimum atomic E-state index is -3.37. The molecule has 0 amide bonds. The number of halogens is 1. The largest absolute Gasteiger partial charge is 0.262 e. The van der Waals surface area contributed by atoms with Crippen molar-refractivity contribution in [3.05, 3.63) is 22.9 Å². The standard InChI is InChI=1S/C8H11BrN2O2S/c1-3-11(2)14(12,13)8-4-7(9)5-10-6-8/h4-6H,3H2,1-2H3. The van der Waals surface area contributed by atoms with E-state index in [9.17, 15) is 8.42 Å². The second-order valence-electron chi connectivity index (χ2n) is 2.76. The van der Waals surface area contributed by atoms with Gasteiger partial charge in [0.2, 0.25) is 10.0 Å². The summed E-state index contributed by atoms with van der Waals surface area (Å²) in [6, 6.07) is 1.54. The minimum absolute atomic E-state index is 0.205. The molecule has 0 unspecified atom stereocenters. The lowest BCUT2D eigenvalue weighted by Crippen LogP contribution is -2.26. The molecule has 14 heavy (non-hydrogen) atoms. The zero-order valence-electron chi connectivity index (χ0n) is 7.94. The summed E-state index contributed by atoms with van der Waals surface area (Å²) in [5, 5.41) is 0. The zero-order chi connectivity index (χ0) is 10.8. The Labute approximate surface area is 92.1 Å². The van der Waals surface area contributed by atoms with Gasteiger partial charge in [0.15, 0.2) is 0 Å². The first-order chi connectivity index (χ1) is 6.48. The molecule has 0 spiro atoms. The number of hydrogen-bond acceptors (Lipinski definition) is 3. The van der Waals surface area contributed by atoms with Crippen LogP contribution in [0.3, 0.4) is 0 Å². The molecule has 0 saturated heterocycles. The molecule has 1 rings (SSSR count). The van der Waals surface area contributed by atoms with Crippen LogP contribution in [0.2, 0.25) is 0 Å². The van der Waals surface area contributed by atoms with Gasteiger partial charge in [-0.2, -0.15) is 0 Å². The Bertz CT molecular complexity index is 419. The Balaban J connectivity index is 3.17. The van der Waals surface area contributed by atoms with Gasteiger partial charge in [0.05, 0.1) is 0 Å². The van der Waals surface area contributed by atoms with E-state index in [0.29, 0.717) is 11.0 Å². The molecule has 0 aliphatic heterocycles. The predicted molar refractivity (Wildman–Crippen MR) is 57.4 cm³/mol. The summed E-state index contributed by atoms with van der Waals surface area (Å²) in [6.45, 7) is 2.22. The number of aromatic nitrogens is 1. The van der Waals surface area contributed by atoms with Crippen LogP contribution in [0.15, 0.2) is 27.8 Å². The van der Waals surface area contributed by atoms with Crippen molar-refractivity contribution in [2.45, 2.75) is 11.8 Å². The third-order valence-electron chi connectivity index (χ3n) is 1.83. The molecule has 0 saturated carbocycles. The Hall–Kier alpha value is -0.460. The van der Waals surface area contributed by atoms with Gasteiger partial charge in [-0.05, 0) is 22.0 Å². The Morgan fingerprint density at radius 2 is 2.14 bits per heavy atom. The topological polar surface area (TPSA) is 50.3 Å². The maximum Gasteiger partial charge on any atom is 0.244 e. The molecule has 0 radical (unpaired) electrons. The summed E-state index contributed by atoms with van der Waals surface area (Å²) >= 11 is 3.18. The summed E-state index contributed by atoms with van der Waals surface area (Å²) in [5.41, 5.74) is 0. The summed E-state index contributed by atoms with van der Waals surface area (Å²) in [7, 11) is -1.83. The van der Waals surface area contributed by atoms with Gasteiger partial charge >= 0.3 is 0 Å². The second kappa shape index (κ2) is 4.37. The van der Waals surface area contributed by atoms with Crippen LogP contribution in [0.5, 0.6) is 0 Å². The van der Waals surface area contributed by atoms with Crippen LogP contribution in [0.4, 0.5) is 0 Å². The normalized spacial score (nSPS) is 12.0. The van der Waals surface area contributed by atoms with Gasteiger partial charge in [0.25, 0.3) is 0 Å². The van der Waals surface area contributed by atoms with Crippen LogP contribution in [0, 0.1) is 0 Å². The summed E-state index contributed by atoms with van der Waals surface area (Å²) in [6.07, 6.45) is 2.89. The molecule has 0 atom stereocenters. The molecule has 0 aliphatic carbocycles. The van der Waals surface area contributed by atoms with Crippen LogP contribution in [-0.4, -0.2) is 31.3 Å². The fourth-order valence-electron chi connectivity index (χ4n) is 0.883. The average Bonchev–Trinajstić information content (AvgIpc) is 2.16. The lowest BCUT2D eigenvalue weighted by molar-refractivity contribution is 0.486. The van der Waals surface area contributed by atoms with Crippen molar-refractivity contribution in [3.63, 3.8) is 0 Å². The van der Waals surface area contributed by atoms with Crippen LogP contribution >= 0.6 is 15.9 Å². The molecule has 6 heteroatoms. The first-order valence-corrected chi connectivity index (χ1v) is 6.28. The molecule has 1 heterocycles. The predicted octanol–water partition coefficient (Wildman–Crippen LogP) is 1.48. The van der Waals surface area contributed by atoms with Crippen molar-refractivity contribution in [1.29, 1.82) is 0 Å². The van der Waals surface area contributed by atoms with Crippen molar-refractivity contribution in [3.8, 4) is 0 Å². The molecule has 0 bridgehead atoms. The van der Waals surface area contributed by atoms with Crippen LogP contribution in [0.1, 0.15) is 6.92 Å². The summed E-state index contributed by atoms with van der Waals surface area (Å²) < 4.78 is 25.5. The van der Waals surface area contributed by atoms with E-state index >= 15 is 0 Å². The number of hydrogen-bond donors (Lipinski definition) is 0. The van der Waals surface area contributed by atoms with Gasteiger partial charge in [-0.3, -0.25) is 4.98 Å².